The van der Waals surface area contributed by atoms with Crippen LogP contribution in [-0.2, 0) is 7.05 Å². The number of phenolic OH excluding ortho intramolecular Hbond substituents is 1. The standard InChI is InChI=1S/C15H15N3O.H3P/c1-10-14(12-7-5-9-16-12)17-18(2)15(10)11-6-3-4-8-13(11)19;/h3-8,19H,9H2,1-2H3;1H3. The summed E-state index contributed by atoms with van der Waals surface area (Å²) < 4.78 is 1.80. The number of aliphatic imine (C=N–C) groups is 1. The van der Waals surface area contributed by atoms with Gasteiger partial charge in [0.2, 0.25) is 0 Å². The zero-order chi connectivity index (χ0) is 13.4. The van der Waals surface area contributed by atoms with E-state index < -0.39 is 0 Å². The molecule has 20 heavy (non-hydrogen) atoms. The van der Waals surface area contributed by atoms with E-state index in [2.05, 4.69) is 10.1 Å². The van der Waals surface area contributed by atoms with Gasteiger partial charge >= 0.3 is 0 Å². The summed E-state index contributed by atoms with van der Waals surface area (Å²) >= 11 is 0. The Bertz CT molecular complexity index is 701. The van der Waals surface area contributed by atoms with E-state index in [-0.39, 0.29) is 15.6 Å². The van der Waals surface area contributed by atoms with Crippen LogP contribution >= 0.6 is 9.90 Å². The molecule has 1 atom stereocenters. The van der Waals surface area contributed by atoms with E-state index in [4.69, 9.17) is 0 Å². The van der Waals surface area contributed by atoms with Crippen LogP contribution in [0.15, 0.2) is 41.4 Å². The van der Waals surface area contributed by atoms with Crippen molar-refractivity contribution in [3.63, 3.8) is 0 Å². The van der Waals surface area contributed by atoms with Crippen molar-refractivity contribution in [3.8, 4) is 17.0 Å². The second-order valence-electron chi connectivity index (χ2n) is 4.59. The molecule has 0 aliphatic carbocycles. The van der Waals surface area contributed by atoms with Crippen molar-refractivity contribution in [1.82, 2.24) is 9.78 Å². The van der Waals surface area contributed by atoms with Crippen LogP contribution in [0.3, 0.4) is 0 Å². The van der Waals surface area contributed by atoms with Gasteiger partial charge in [-0.3, -0.25) is 9.67 Å². The number of rotatable bonds is 2. The molecule has 1 aromatic carbocycles. The fourth-order valence-corrected chi connectivity index (χ4v) is 2.45. The van der Waals surface area contributed by atoms with Crippen molar-refractivity contribution in [2.24, 2.45) is 12.0 Å². The number of benzene rings is 1. The first kappa shape index (κ1) is 14.5. The van der Waals surface area contributed by atoms with Gasteiger partial charge in [-0.25, -0.2) is 0 Å². The molecule has 2 heterocycles. The predicted molar refractivity (Wildman–Crippen MR) is 86.7 cm³/mol. The third-order valence-corrected chi connectivity index (χ3v) is 3.33. The number of nitrogens with zero attached hydrogens (tertiary/aromatic N) is 3. The monoisotopic (exact) mass is 287 g/mol. The number of aromatic nitrogens is 2. The normalized spacial score (nSPS) is 13.2. The van der Waals surface area contributed by atoms with Crippen molar-refractivity contribution in [2.45, 2.75) is 6.92 Å². The fraction of sp³-hybridized carbons (Fsp3) is 0.200. The lowest BCUT2D eigenvalue weighted by Crippen LogP contribution is -1.99. The molecule has 0 saturated carbocycles. The third-order valence-electron chi connectivity index (χ3n) is 3.33. The Kier molecular flexibility index (Phi) is 4.05. The van der Waals surface area contributed by atoms with Gasteiger partial charge in [-0.05, 0) is 25.1 Å². The first-order chi connectivity index (χ1) is 9.18. The predicted octanol–water partition coefficient (Wildman–Crippen LogP) is 2.52. The van der Waals surface area contributed by atoms with Gasteiger partial charge in [0, 0.05) is 18.2 Å². The van der Waals surface area contributed by atoms with E-state index in [1.54, 1.807) is 10.7 Å². The number of hydrogen-bond donors (Lipinski definition) is 1. The second kappa shape index (κ2) is 5.59. The Labute approximate surface area is 121 Å². The Hall–Kier alpha value is -1.93. The van der Waals surface area contributed by atoms with Crippen molar-refractivity contribution in [2.75, 3.05) is 6.54 Å². The number of hydrogen-bond acceptors (Lipinski definition) is 3. The maximum atomic E-state index is 10.0. The summed E-state index contributed by atoms with van der Waals surface area (Å²) in [5.74, 6) is 0.268. The quantitative estimate of drug-likeness (QED) is 0.863. The summed E-state index contributed by atoms with van der Waals surface area (Å²) in [5.41, 5.74) is 4.55. The summed E-state index contributed by atoms with van der Waals surface area (Å²) in [4.78, 5) is 4.40. The van der Waals surface area contributed by atoms with Crippen molar-refractivity contribution < 1.29 is 5.11 Å². The fourth-order valence-electron chi connectivity index (χ4n) is 2.45. The molecular formula is C15H18N3OP. The molecule has 104 valence electrons. The van der Waals surface area contributed by atoms with Gasteiger partial charge in [0.15, 0.2) is 0 Å². The topological polar surface area (TPSA) is 50.4 Å². The lowest BCUT2D eigenvalue weighted by molar-refractivity contribution is 0.476. The van der Waals surface area contributed by atoms with Crippen LogP contribution in [0.2, 0.25) is 0 Å². The lowest BCUT2D eigenvalue weighted by atomic mass is 10.0. The molecule has 0 radical (unpaired) electrons. The van der Waals surface area contributed by atoms with E-state index in [1.165, 1.54) is 0 Å². The minimum absolute atomic E-state index is 0. The number of allylic oxidation sites excluding steroid dienone is 1. The van der Waals surface area contributed by atoms with Gasteiger partial charge in [-0.15, -0.1) is 0 Å². The molecule has 1 N–H and O–H groups in total. The van der Waals surface area contributed by atoms with Crippen LogP contribution in [0.25, 0.3) is 11.3 Å². The van der Waals surface area contributed by atoms with Gasteiger partial charge < -0.3 is 5.11 Å². The molecule has 0 saturated heterocycles. The Morgan fingerprint density at radius 1 is 1.25 bits per heavy atom. The Balaban J connectivity index is 0.00000147. The minimum Gasteiger partial charge on any atom is -0.507 e. The molecule has 1 unspecified atom stereocenters. The summed E-state index contributed by atoms with van der Waals surface area (Å²) in [6.07, 6.45) is 4.01. The highest BCUT2D eigenvalue weighted by atomic mass is 31.0. The Morgan fingerprint density at radius 2 is 2.00 bits per heavy atom. The molecule has 2 aromatic rings. The minimum atomic E-state index is 0. The summed E-state index contributed by atoms with van der Waals surface area (Å²) in [6, 6.07) is 7.31. The van der Waals surface area contributed by atoms with E-state index in [9.17, 15) is 5.11 Å². The maximum Gasteiger partial charge on any atom is 0.124 e. The highest BCUT2D eigenvalue weighted by Crippen LogP contribution is 2.32. The molecule has 5 heteroatoms. The molecule has 0 fully saturated rings. The van der Waals surface area contributed by atoms with Gasteiger partial charge in [-0.1, -0.05) is 18.2 Å². The maximum absolute atomic E-state index is 10.0. The number of aromatic hydroxyl groups is 1. The van der Waals surface area contributed by atoms with Gasteiger partial charge in [0.1, 0.15) is 11.4 Å². The average molecular weight is 287 g/mol. The van der Waals surface area contributed by atoms with E-state index in [1.807, 2.05) is 44.3 Å². The van der Waals surface area contributed by atoms with Crippen LogP contribution in [0, 0.1) is 6.92 Å². The second-order valence-corrected chi connectivity index (χ2v) is 4.59. The van der Waals surface area contributed by atoms with Gasteiger partial charge in [0.05, 0.1) is 18.0 Å². The highest BCUT2D eigenvalue weighted by molar-refractivity contribution is 6.92. The van der Waals surface area contributed by atoms with Crippen LogP contribution in [0.5, 0.6) is 5.75 Å². The van der Waals surface area contributed by atoms with Crippen LogP contribution in [0.4, 0.5) is 0 Å². The molecule has 0 bridgehead atoms. The number of aryl methyl sites for hydroxylation is 1. The van der Waals surface area contributed by atoms with E-state index in [0.29, 0.717) is 0 Å². The summed E-state index contributed by atoms with van der Waals surface area (Å²) in [7, 11) is 1.89. The smallest absolute Gasteiger partial charge is 0.124 e. The van der Waals surface area contributed by atoms with Gasteiger partial charge in [-0.2, -0.15) is 15.0 Å². The van der Waals surface area contributed by atoms with Crippen molar-refractivity contribution >= 4 is 15.6 Å². The lowest BCUT2D eigenvalue weighted by Gasteiger charge is -2.06. The summed E-state index contributed by atoms with van der Waals surface area (Å²) in [6.45, 7) is 2.73. The first-order valence-electron chi connectivity index (χ1n) is 6.22. The molecule has 3 rings (SSSR count). The Morgan fingerprint density at radius 3 is 2.65 bits per heavy atom. The molecule has 0 amide bonds. The SMILES string of the molecule is Cc1c(C2=NCC=C2)nn(C)c1-c1ccccc1O.P. The van der Waals surface area contributed by atoms with E-state index in [0.717, 1.165) is 34.8 Å². The molecule has 1 aromatic heterocycles. The molecule has 1 aliphatic rings. The zero-order valence-electron chi connectivity index (χ0n) is 11.7. The van der Waals surface area contributed by atoms with Crippen molar-refractivity contribution in [3.05, 3.63) is 47.7 Å². The first-order valence-corrected chi connectivity index (χ1v) is 6.22. The largest absolute Gasteiger partial charge is 0.507 e. The van der Waals surface area contributed by atoms with Gasteiger partial charge in [0.25, 0.3) is 0 Å². The molecule has 1 aliphatic heterocycles. The van der Waals surface area contributed by atoms with Crippen LogP contribution < -0.4 is 0 Å². The van der Waals surface area contributed by atoms with Crippen LogP contribution in [0.1, 0.15) is 11.3 Å². The summed E-state index contributed by atoms with van der Waals surface area (Å²) in [5, 5.41) is 14.5. The molecule has 4 nitrogen and oxygen atoms in total. The number of para-hydroxylation sites is 1. The third kappa shape index (κ3) is 2.27. The van der Waals surface area contributed by atoms with Crippen LogP contribution in [-0.4, -0.2) is 27.1 Å². The molecule has 0 spiro atoms. The van der Waals surface area contributed by atoms with E-state index >= 15 is 0 Å². The molecular weight excluding hydrogens is 269 g/mol. The van der Waals surface area contributed by atoms with Crippen molar-refractivity contribution in [1.29, 1.82) is 0 Å². The average Bonchev–Trinajstić information content (AvgIpc) is 3.00. The number of phenols is 1. The highest BCUT2D eigenvalue weighted by Gasteiger charge is 2.19. The zero-order valence-corrected chi connectivity index (χ0v) is 13.1.